The minimum absolute atomic E-state index is 0.146. The van der Waals surface area contributed by atoms with Crippen LogP contribution in [0.1, 0.15) is 29.4 Å². The van der Waals surface area contributed by atoms with E-state index < -0.39 is 0 Å². The first kappa shape index (κ1) is 15.1. The van der Waals surface area contributed by atoms with E-state index in [9.17, 15) is 10.1 Å². The first-order chi connectivity index (χ1) is 10.0. The van der Waals surface area contributed by atoms with Gasteiger partial charge in [0.05, 0.1) is 34.7 Å². The number of nitro groups is 1. The Balaban J connectivity index is 2.22. The van der Waals surface area contributed by atoms with E-state index in [1.54, 1.807) is 26.4 Å². The lowest BCUT2D eigenvalue weighted by molar-refractivity contribution is -0.386. The predicted molar refractivity (Wildman–Crippen MR) is 79.1 cm³/mol. The second-order valence-corrected chi connectivity index (χ2v) is 4.94. The van der Waals surface area contributed by atoms with Crippen molar-refractivity contribution in [1.29, 1.82) is 0 Å². The lowest BCUT2D eigenvalue weighted by Gasteiger charge is -2.08. The Bertz CT molecular complexity index is 651. The summed E-state index contributed by atoms with van der Waals surface area (Å²) in [7, 11) is 0. The molecule has 2 rings (SSSR count). The molecule has 21 heavy (non-hydrogen) atoms. The predicted octanol–water partition coefficient (Wildman–Crippen LogP) is 1.96. The molecule has 0 fully saturated rings. The molecule has 0 saturated heterocycles. The number of nitrogens with one attached hydrogen (secondary N) is 1. The molecule has 112 valence electrons. The van der Waals surface area contributed by atoms with Crippen LogP contribution < -0.4 is 5.32 Å². The maximum atomic E-state index is 11.1. The van der Waals surface area contributed by atoms with Crippen LogP contribution >= 0.6 is 0 Å². The molecule has 0 aliphatic heterocycles. The molecule has 0 aliphatic rings. The molecule has 7 heteroatoms. The van der Waals surface area contributed by atoms with Crippen molar-refractivity contribution in [2.45, 2.75) is 33.9 Å². The number of imidazole rings is 1. The van der Waals surface area contributed by atoms with Gasteiger partial charge in [0.1, 0.15) is 0 Å². The largest absolute Gasteiger partial charge is 0.331 e. The number of rotatable bonds is 6. The van der Waals surface area contributed by atoms with Crippen molar-refractivity contribution in [3.63, 3.8) is 0 Å². The summed E-state index contributed by atoms with van der Waals surface area (Å²) in [5, 5.41) is 14.3. The van der Waals surface area contributed by atoms with Crippen LogP contribution in [0, 0.1) is 24.0 Å². The maximum Gasteiger partial charge on any atom is 0.278 e. The Labute approximate surface area is 123 Å². The molecule has 0 aliphatic carbocycles. The molecule has 2 heterocycles. The normalized spacial score (nSPS) is 10.8. The Morgan fingerprint density at radius 1 is 1.38 bits per heavy atom. The third kappa shape index (κ3) is 3.43. The smallest absolute Gasteiger partial charge is 0.278 e. The van der Waals surface area contributed by atoms with Gasteiger partial charge in [-0.2, -0.15) is 0 Å². The van der Waals surface area contributed by atoms with Crippen LogP contribution in [0.3, 0.4) is 0 Å². The van der Waals surface area contributed by atoms with Crippen molar-refractivity contribution in [1.82, 2.24) is 19.9 Å². The second kappa shape index (κ2) is 6.45. The van der Waals surface area contributed by atoms with E-state index in [2.05, 4.69) is 15.3 Å². The average Bonchev–Trinajstić information content (AvgIpc) is 2.87. The minimum atomic E-state index is -0.347. The fourth-order valence-corrected chi connectivity index (χ4v) is 2.22. The van der Waals surface area contributed by atoms with Gasteiger partial charge in [0, 0.05) is 24.5 Å². The molecular weight excluding hydrogens is 270 g/mol. The van der Waals surface area contributed by atoms with Gasteiger partial charge < -0.3 is 9.88 Å². The standard InChI is InChI=1S/C14H19N5O2/c1-4-15-6-12-7-18(9-17-12)8-13-11(3)14(19(20)21)10(2)5-16-13/h5,7,9,15H,4,6,8H2,1-3H3. The maximum absolute atomic E-state index is 11.1. The zero-order valence-corrected chi connectivity index (χ0v) is 12.5. The molecule has 0 saturated carbocycles. The summed E-state index contributed by atoms with van der Waals surface area (Å²) in [4.78, 5) is 19.4. The third-order valence-corrected chi connectivity index (χ3v) is 3.33. The van der Waals surface area contributed by atoms with Crippen molar-refractivity contribution < 1.29 is 4.92 Å². The van der Waals surface area contributed by atoms with Crippen LogP contribution in [0.2, 0.25) is 0 Å². The highest BCUT2D eigenvalue weighted by molar-refractivity contribution is 5.47. The van der Waals surface area contributed by atoms with Gasteiger partial charge in [0.2, 0.25) is 0 Å². The molecule has 2 aromatic rings. The number of hydrogen-bond acceptors (Lipinski definition) is 5. The lowest BCUT2D eigenvalue weighted by Crippen LogP contribution is -2.11. The average molecular weight is 289 g/mol. The highest BCUT2D eigenvalue weighted by atomic mass is 16.6. The van der Waals surface area contributed by atoms with E-state index in [1.165, 1.54) is 0 Å². The summed E-state index contributed by atoms with van der Waals surface area (Å²) in [5.74, 6) is 0. The van der Waals surface area contributed by atoms with E-state index >= 15 is 0 Å². The summed E-state index contributed by atoms with van der Waals surface area (Å²) in [5.41, 5.74) is 2.98. The van der Waals surface area contributed by atoms with Crippen LogP contribution in [0.4, 0.5) is 5.69 Å². The van der Waals surface area contributed by atoms with Gasteiger partial charge in [-0.15, -0.1) is 0 Å². The van der Waals surface area contributed by atoms with Gasteiger partial charge in [0.15, 0.2) is 0 Å². The number of aromatic nitrogens is 3. The van der Waals surface area contributed by atoms with Crippen LogP contribution in [0.25, 0.3) is 0 Å². The first-order valence-electron chi connectivity index (χ1n) is 6.83. The molecule has 2 aromatic heterocycles. The number of aryl methyl sites for hydroxylation is 1. The molecule has 0 unspecified atom stereocenters. The SMILES string of the molecule is CCNCc1cn(Cc2ncc(C)c([N+](=O)[O-])c2C)cn1. The fourth-order valence-electron chi connectivity index (χ4n) is 2.22. The molecule has 0 bridgehead atoms. The van der Waals surface area contributed by atoms with Crippen LogP contribution in [0.5, 0.6) is 0 Å². The Morgan fingerprint density at radius 3 is 2.81 bits per heavy atom. The van der Waals surface area contributed by atoms with Crippen LogP contribution in [-0.4, -0.2) is 26.0 Å². The van der Waals surface area contributed by atoms with Crippen LogP contribution in [0.15, 0.2) is 18.7 Å². The molecule has 0 aromatic carbocycles. The van der Waals surface area contributed by atoms with Gasteiger partial charge in [-0.05, 0) is 20.4 Å². The summed E-state index contributed by atoms with van der Waals surface area (Å²) in [6.07, 6.45) is 5.20. The molecule has 0 spiro atoms. The zero-order chi connectivity index (χ0) is 15.4. The Kier molecular flexibility index (Phi) is 4.64. The van der Waals surface area contributed by atoms with Gasteiger partial charge >= 0.3 is 0 Å². The molecule has 1 N–H and O–H groups in total. The van der Waals surface area contributed by atoms with Crippen molar-refractivity contribution in [3.05, 3.63) is 51.4 Å². The second-order valence-electron chi connectivity index (χ2n) is 4.94. The summed E-state index contributed by atoms with van der Waals surface area (Å²) in [6, 6.07) is 0. The molecule has 0 radical (unpaired) electrons. The molecule has 0 atom stereocenters. The molecule has 0 amide bonds. The van der Waals surface area contributed by atoms with E-state index in [4.69, 9.17) is 0 Å². The van der Waals surface area contributed by atoms with Gasteiger partial charge in [-0.1, -0.05) is 6.92 Å². The van der Waals surface area contributed by atoms with Gasteiger partial charge in [-0.3, -0.25) is 15.1 Å². The van der Waals surface area contributed by atoms with Crippen LogP contribution in [-0.2, 0) is 13.1 Å². The Morgan fingerprint density at radius 2 is 2.14 bits per heavy atom. The third-order valence-electron chi connectivity index (χ3n) is 3.33. The van der Waals surface area contributed by atoms with E-state index in [-0.39, 0.29) is 10.6 Å². The number of nitrogens with zero attached hydrogens (tertiary/aromatic N) is 4. The highest BCUT2D eigenvalue weighted by Crippen LogP contribution is 2.24. The summed E-state index contributed by atoms with van der Waals surface area (Å²) < 4.78 is 1.89. The van der Waals surface area contributed by atoms with Crippen molar-refractivity contribution in [3.8, 4) is 0 Å². The van der Waals surface area contributed by atoms with Gasteiger partial charge in [0.25, 0.3) is 5.69 Å². The topological polar surface area (TPSA) is 85.9 Å². The van der Waals surface area contributed by atoms with E-state index in [0.717, 1.165) is 12.2 Å². The fraction of sp³-hybridized carbons (Fsp3) is 0.429. The molecular formula is C14H19N5O2. The van der Waals surface area contributed by atoms with E-state index in [0.29, 0.717) is 29.9 Å². The van der Waals surface area contributed by atoms with Crippen molar-refractivity contribution in [2.75, 3.05) is 6.54 Å². The van der Waals surface area contributed by atoms with E-state index in [1.807, 2.05) is 17.7 Å². The summed E-state index contributed by atoms with van der Waals surface area (Å²) >= 11 is 0. The minimum Gasteiger partial charge on any atom is -0.331 e. The monoisotopic (exact) mass is 289 g/mol. The number of pyridine rings is 1. The zero-order valence-electron chi connectivity index (χ0n) is 12.5. The van der Waals surface area contributed by atoms with Crippen molar-refractivity contribution in [2.24, 2.45) is 0 Å². The number of hydrogen-bond donors (Lipinski definition) is 1. The highest BCUT2D eigenvalue weighted by Gasteiger charge is 2.18. The Hall–Kier alpha value is -2.28. The summed E-state index contributed by atoms with van der Waals surface area (Å²) in [6.45, 7) is 7.56. The van der Waals surface area contributed by atoms with Crippen molar-refractivity contribution >= 4 is 5.69 Å². The molecule has 7 nitrogen and oxygen atoms in total. The first-order valence-corrected chi connectivity index (χ1v) is 6.83. The lowest BCUT2D eigenvalue weighted by atomic mass is 10.1. The van der Waals surface area contributed by atoms with Gasteiger partial charge in [-0.25, -0.2) is 4.98 Å². The quantitative estimate of drug-likeness (QED) is 0.649.